The number of carbonyl (C=O) groups excluding carboxylic acids is 1. The van der Waals surface area contributed by atoms with Crippen LogP contribution in [0.5, 0.6) is 0 Å². The van der Waals surface area contributed by atoms with Crippen molar-refractivity contribution in [1.82, 2.24) is 4.67 Å². The number of benzene rings is 2. The first-order valence-electron chi connectivity index (χ1n) is 9.55. The molecule has 4 rings (SSSR count). The molecule has 2 heterocycles. The van der Waals surface area contributed by atoms with Gasteiger partial charge in [-0.3, -0.25) is 4.57 Å². The molecule has 148 valence electrons. The van der Waals surface area contributed by atoms with E-state index >= 15 is 0 Å². The van der Waals surface area contributed by atoms with E-state index < -0.39 is 19.3 Å². The normalized spacial score (nSPS) is 17.1. The van der Waals surface area contributed by atoms with Crippen LogP contribution in [0.1, 0.15) is 18.7 Å². The summed E-state index contributed by atoms with van der Waals surface area (Å²) in [5, 5.41) is 1.42. The fourth-order valence-electron chi connectivity index (χ4n) is 3.71. The predicted octanol–water partition coefficient (Wildman–Crippen LogP) is 4.05. The third kappa shape index (κ3) is 3.48. The van der Waals surface area contributed by atoms with Gasteiger partial charge in [-0.15, -0.1) is 0 Å². The van der Waals surface area contributed by atoms with Crippen molar-refractivity contribution in [2.24, 2.45) is 0 Å². The molecular formula is C23H22NO4P. The van der Waals surface area contributed by atoms with Crippen molar-refractivity contribution in [3.8, 4) is 0 Å². The maximum absolute atomic E-state index is 14.7. The third-order valence-electron chi connectivity index (χ3n) is 4.99. The molecule has 1 aliphatic heterocycles. The van der Waals surface area contributed by atoms with Gasteiger partial charge in [0.05, 0.1) is 18.4 Å². The molecular weight excluding hydrogens is 385 g/mol. The fourth-order valence-corrected chi connectivity index (χ4v) is 6.63. The van der Waals surface area contributed by atoms with Crippen molar-refractivity contribution >= 4 is 23.9 Å². The molecule has 0 bridgehead atoms. The third-order valence-corrected chi connectivity index (χ3v) is 8.10. The number of ether oxygens (including phenoxy) is 1. The number of hydrogen-bond acceptors (Lipinski definition) is 4. The standard InChI is InChI=1S/C23H22NO4P/c1-2-27-23(25)20-15-16-24(22(20)21-14-9-17-28-21)29(26,18-10-5-3-6-11-18)19-12-7-4-8-13-19/h3-15,17,22H,2,16H2,1H3. The molecule has 0 fully saturated rings. The zero-order valence-electron chi connectivity index (χ0n) is 16.1. The van der Waals surface area contributed by atoms with E-state index in [-0.39, 0.29) is 6.61 Å². The smallest absolute Gasteiger partial charge is 0.335 e. The van der Waals surface area contributed by atoms with E-state index in [0.29, 0.717) is 28.5 Å². The van der Waals surface area contributed by atoms with Gasteiger partial charge < -0.3 is 9.15 Å². The van der Waals surface area contributed by atoms with Crippen molar-refractivity contribution in [2.75, 3.05) is 13.2 Å². The highest BCUT2D eigenvalue weighted by atomic mass is 31.2. The lowest BCUT2D eigenvalue weighted by atomic mass is 10.1. The van der Waals surface area contributed by atoms with E-state index in [4.69, 9.17) is 9.15 Å². The maximum Gasteiger partial charge on any atom is 0.335 e. The molecule has 2 aromatic carbocycles. The Hall–Kier alpha value is -2.88. The summed E-state index contributed by atoms with van der Waals surface area (Å²) >= 11 is 0. The van der Waals surface area contributed by atoms with Gasteiger partial charge in [0.15, 0.2) is 0 Å². The van der Waals surface area contributed by atoms with Crippen LogP contribution in [0.25, 0.3) is 0 Å². The van der Waals surface area contributed by atoms with Crippen LogP contribution in [-0.2, 0) is 14.1 Å². The number of carbonyl (C=O) groups is 1. The van der Waals surface area contributed by atoms with Crippen molar-refractivity contribution in [1.29, 1.82) is 0 Å². The van der Waals surface area contributed by atoms with E-state index in [1.807, 2.05) is 65.3 Å². The summed E-state index contributed by atoms with van der Waals surface area (Å²) < 4.78 is 27.5. The van der Waals surface area contributed by atoms with Crippen LogP contribution in [0.15, 0.2) is 95.1 Å². The SMILES string of the molecule is CCOC(=O)C1=CCN(P(=O)(c2ccccc2)c2ccccc2)C1c1ccco1. The summed E-state index contributed by atoms with van der Waals surface area (Å²) in [6, 6.07) is 21.8. The first-order valence-corrected chi connectivity index (χ1v) is 11.2. The number of hydrogen-bond donors (Lipinski definition) is 0. The summed E-state index contributed by atoms with van der Waals surface area (Å²) in [6.07, 6.45) is 3.36. The summed E-state index contributed by atoms with van der Waals surface area (Å²) in [4.78, 5) is 12.6. The Morgan fingerprint density at radius 2 is 1.66 bits per heavy atom. The molecule has 0 amide bonds. The number of nitrogens with zero attached hydrogens (tertiary/aromatic N) is 1. The van der Waals surface area contributed by atoms with Crippen LogP contribution in [-0.4, -0.2) is 23.8 Å². The van der Waals surface area contributed by atoms with E-state index in [1.165, 1.54) is 0 Å². The number of esters is 1. The highest BCUT2D eigenvalue weighted by Gasteiger charge is 2.46. The van der Waals surface area contributed by atoms with Crippen LogP contribution in [0.3, 0.4) is 0 Å². The van der Waals surface area contributed by atoms with Gasteiger partial charge in [-0.1, -0.05) is 42.5 Å². The molecule has 5 nitrogen and oxygen atoms in total. The minimum Gasteiger partial charge on any atom is -0.467 e. The van der Waals surface area contributed by atoms with Gasteiger partial charge in [0.25, 0.3) is 0 Å². The quantitative estimate of drug-likeness (QED) is 0.456. The summed E-state index contributed by atoms with van der Waals surface area (Å²) in [5.41, 5.74) is 0.453. The van der Waals surface area contributed by atoms with E-state index in [2.05, 4.69) is 0 Å². The minimum absolute atomic E-state index is 0.274. The molecule has 1 aliphatic rings. The topological polar surface area (TPSA) is 59.8 Å². The molecule has 0 radical (unpaired) electrons. The Labute approximate surface area is 170 Å². The molecule has 0 saturated heterocycles. The summed E-state index contributed by atoms with van der Waals surface area (Å²) in [6.45, 7) is 2.39. The second-order valence-electron chi connectivity index (χ2n) is 6.67. The lowest BCUT2D eigenvalue weighted by Crippen LogP contribution is -2.34. The Balaban J connectivity index is 1.87. The van der Waals surface area contributed by atoms with Gasteiger partial charge >= 0.3 is 5.97 Å². The molecule has 0 saturated carbocycles. The molecule has 0 spiro atoms. The molecule has 29 heavy (non-hydrogen) atoms. The molecule has 1 atom stereocenters. The summed E-state index contributed by atoms with van der Waals surface area (Å²) in [5.74, 6) is 0.151. The monoisotopic (exact) mass is 407 g/mol. The van der Waals surface area contributed by atoms with E-state index in [9.17, 15) is 9.36 Å². The van der Waals surface area contributed by atoms with Crippen molar-refractivity contribution in [3.05, 3.63) is 96.5 Å². The predicted molar refractivity (Wildman–Crippen MR) is 113 cm³/mol. The first-order chi connectivity index (χ1) is 14.2. The van der Waals surface area contributed by atoms with Crippen molar-refractivity contribution < 1.29 is 18.5 Å². The average molecular weight is 407 g/mol. The van der Waals surface area contributed by atoms with Gasteiger partial charge in [-0.25, -0.2) is 9.46 Å². The molecule has 0 aliphatic carbocycles. The van der Waals surface area contributed by atoms with Crippen LogP contribution < -0.4 is 10.6 Å². The van der Waals surface area contributed by atoms with Gasteiger partial charge in [-0.05, 0) is 43.3 Å². The Morgan fingerprint density at radius 1 is 1.03 bits per heavy atom. The zero-order chi connectivity index (χ0) is 20.3. The maximum atomic E-state index is 14.7. The number of furan rings is 1. The van der Waals surface area contributed by atoms with E-state index in [1.54, 1.807) is 31.4 Å². The molecule has 1 aromatic heterocycles. The molecule has 6 heteroatoms. The number of rotatable bonds is 6. The van der Waals surface area contributed by atoms with Gasteiger partial charge in [0.1, 0.15) is 11.8 Å². The lowest BCUT2D eigenvalue weighted by Gasteiger charge is -2.33. The van der Waals surface area contributed by atoms with Crippen LogP contribution in [0, 0.1) is 0 Å². The van der Waals surface area contributed by atoms with Gasteiger partial charge in [0.2, 0.25) is 7.29 Å². The molecule has 1 unspecified atom stereocenters. The Bertz CT molecular complexity index is 1000. The molecule has 0 N–H and O–H groups in total. The fraction of sp³-hybridized carbons (Fsp3) is 0.174. The van der Waals surface area contributed by atoms with Gasteiger partial charge in [-0.2, -0.15) is 0 Å². The average Bonchev–Trinajstić information content (AvgIpc) is 3.44. The molecule has 3 aromatic rings. The van der Waals surface area contributed by atoms with Crippen molar-refractivity contribution in [3.63, 3.8) is 0 Å². The minimum atomic E-state index is -3.25. The van der Waals surface area contributed by atoms with Crippen molar-refractivity contribution in [2.45, 2.75) is 13.0 Å². The lowest BCUT2D eigenvalue weighted by molar-refractivity contribution is -0.139. The second-order valence-corrected chi connectivity index (χ2v) is 9.37. The van der Waals surface area contributed by atoms with Crippen LogP contribution in [0.4, 0.5) is 0 Å². The van der Waals surface area contributed by atoms with Crippen LogP contribution in [0.2, 0.25) is 0 Å². The largest absolute Gasteiger partial charge is 0.467 e. The summed E-state index contributed by atoms with van der Waals surface area (Å²) in [7, 11) is -3.25. The Morgan fingerprint density at radius 3 is 2.17 bits per heavy atom. The second kappa shape index (κ2) is 8.24. The first kappa shape index (κ1) is 19.4. The van der Waals surface area contributed by atoms with Crippen LogP contribution >= 0.6 is 7.29 Å². The zero-order valence-corrected chi connectivity index (χ0v) is 17.0. The highest BCUT2D eigenvalue weighted by Crippen LogP contribution is 2.55. The Kier molecular flexibility index (Phi) is 5.52. The highest BCUT2D eigenvalue weighted by molar-refractivity contribution is 7.76. The van der Waals surface area contributed by atoms with Gasteiger partial charge in [0, 0.05) is 17.2 Å². The van der Waals surface area contributed by atoms with E-state index in [0.717, 1.165) is 0 Å².